The minimum absolute atomic E-state index is 0.0550. The summed E-state index contributed by atoms with van der Waals surface area (Å²) in [6.45, 7) is 5.93. The van der Waals surface area contributed by atoms with Crippen LogP contribution in [0.3, 0.4) is 0 Å². The summed E-state index contributed by atoms with van der Waals surface area (Å²) in [5.74, 6) is 0.139. The maximum absolute atomic E-state index is 15.4. The first kappa shape index (κ1) is 20.5. The van der Waals surface area contributed by atoms with Crippen molar-refractivity contribution in [1.82, 2.24) is 0 Å². The third kappa shape index (κ3) is 3.98. The molecule has 2 fully saturated rings. The fourth-order valence-electron chi connectivity index (χ4n) is 5.89. The third-order valence-electron chi connectivity index (χ3n) is 7.52. The van der Waals surface area contributed by atoms with Crippen LogP contribution in [0.1, 0.15) is 75.3 Å². The number of aryl methyl sites for hydroxylation is 1. The van der Waals surface area contributed by atoms with E-state index in [1.807, 2.05) is 0 Å². The molecule has 0 saturated heterocycles. The van der Waals surface area contributed by atoms with Crippen molar-refractivity contribution < 1.29 is 13.2 Å². The minimum Gasteiger partial charge on any atom is -0.207 e. The van der Waals surface area contributed by atoms with E-state index < -0.39 is 17.5 Å². The SMILES string of the molecule is C=CCCc1cc(F)c2c(F)c(C3CCC4CC(CC)CCC4C3)c(F)cc2c1. The van der Waals surface area contributed by atoms with Crippen molar-refractivity contribution in [1.29, 1.82) is 0 Å². The van der Waals surface area contributed by atoms with Crippen molar-refractivity contribution in [3.63, 3.8) is 0 Å². The molecule has 2 aromatic rings. The largest absolute Gasteiger partial charge is 0.207 e. The lowest BCUT2D eigenvalue weighted by Crippen LogP contribution is -2.30. The third-order valence-corrected chi connectivity index (χ3v) is 7.52. The standard InChI is InChI=1S/C26H31F3/c1-3-5-6-17-12-21-15-23(28)24(26(29)25(21)22(27)13-17)20-10-9-18-11-16(4-2)7-8-19(18)14-20/h3,12-13,15-16,18-20H,1,4-11,14H2,2H3. The Balaban J connectivity index is 1.64. The number of hydrogen-bond acceptors (Lipinski definition) is 0. The number of rotatable bonds is 5. The van der Waals surface area contributed by atoms with Crippen LogP contribution in [0.2, 0.25) is 0 Å². The summed E-state index contributed by atoms with van der Waals surface area (Å²) in [5.41, 5.74) is 0.862. The van der Waals surface area contributed by atoms with Crippen LogP contribution >= 0.6 is 0 Å². The predicted molar refractivity (Wildman–Crippen MR) is 114 cm³/mol. The second kappa shape index (κ2) is 8.53. The molecule has 0 spiro atoms. The summed E-state index contributed by atoms with van der Waals surface area (Å²) in [7, 11) is 0. The summed E-state index contributed by atoms with van der Waals surface area (Å²) < 4.78 is 45.2. The second-order valence-electron chi connectivity index (χ2n) is 9.21. The summed E-state index contributed by atoms with van der Waals surface area (Å²) in [6, 6.07) is 4.44. The van der Waals surface area contributed by atoms with Gasteiger partial charge in [0.1, 0.15) is 17.5 Å². The van der Waals surface area contributed by atoms with Crippen molar-refractivity contribution in [3.8, 4) is 0 Å². The molecule has 0 aliphatic heterocycles. The Morgan fingerprint density at radius 2 is 1.72 bits per heavy atom. The van der Waals surface area contributed by atoms with Gasteiger partial charge in [0.15, 0.2) is 0 Å². The topological polar surface area (TPSA) is 0 Å². The first-order valence-corrected chi connectivity index (χ1v) is 11.2. The Hall–Kier alpha value is -1.77. The van der Waals surface area contributed by atoms with E-state index in [4.69, 9.17) is 0 Å². The zero-order chi connectivity index (χ0) is 20.5. The van der Waals surface area contributed by atoms with Crippen LogP contribution in [0.15, 0.2) is 30.9 Å². The molecule has 29 heavy (non-hydrogen) atoms. The Morgan fingerprint density at radius 1 is 0.966 bits per heavy atom. The molecule has 2 saturated carbocycles. The minimum atomic E-state index is -0.682. The van der Waals surface area contributed by atoms with Crippen molar-refractivity contribution in [2.45, 2.75) is 70.6 Å². The van der Waals surface area contributed by atoms with Gasteiger partial charge in [-0.05, 0) is 91.7 Å². The van der Waals surface area contributed by atoms with Gasteiger partial charge >= 0.3 is 0 Å². The molecule has 2 aromatic carbocycles. The van der Waals surface area contributed by atoms with E-state index in [9.17, 15) is 4.39 Å². The van der Waals surface area contributed by atoms with Crippen LogP contribution in [0.5, 0.6) is 0 Å². The Morgan fingerprint density at radius 3 is 2.48 bits per heavy atom. The molecule has 0 radical (unpaired) electrons. The van der Waals surface area contributed by atoms with E-state index in [0.717, 1.165) is 37.2 Å². The maximum Gasteiger partial charge on any atom is 0.140 e. The van der Waals surface area contributed by atoms with E-state index in [-0.39, 0.29) is 16.9 Å². The molecule has 4 unspecified atom stereocenters. The van der Waals surface area contributed by atoms with Crippen LogP contribution in [0, 0.1) is 35.2 Å². The van der Waals surface area contributed by atoms with Crippen LogP contribution in [-0.4, -0.2) is 0 Å². The van der Waals surface area contributed by atoms with Gasteiger partial charge in [-0.2, -0.15) is 0 Å². The van der Waals surface area contributed by atoms with Gasteiger partial charge < -0.3 is 0 Å². The Labute approximate surface area is 172 Å². The molecule has 4 rings (SSSR count). The van der Waals surface area contributed by atoms with E-state index >= 15 is 8.78 Å². The molecule has 0 bridgehead atoms. The van der Waals surface area contributed by atoms with Gasteiger partial charge in [-0.3, -0.25) is 0 Å². The fraction of sp³-hybridized carbons (Fsp3) is 0.538. The van der Waals surface area contributed by atoms with E-state index in [1.54, 1.807) is 12.1 Å². The molecular formula is C26H31F3. The molecule has 156 valence electrons. The van der Waals surface area contributed by atoms with Gasteiger partial charge in [0.25, 0.3) is 0 Å². The number of allylic oxidation sites excluding steroid dienone is 1. The van der Waals surface area contributed by atoms with E-state index in [0.29, 0.717) is 30.1 Å². The fourth-order valence-corrected chi connectivity index (χ4v) is 5.89. The zero-order valence-corrected chi connectivity index (χ0v) is 17.3. The highest BCUT2D eigenvalue weighted by Gasteiger charge is 2.37. The van der Waals surface area contributed by atoms with Gasteiger partial charge in [0.2, 0.25) is 0 Å². The van der Waals surface area contributed by atoms with Crippen LogP contribution in [0.25, 0.3) is 10.8 Å². The van der Waals surface area contributed by atoms with E-state index in [2.05, 4.69) is 13.5 Å². The molecule has 0 heterocycles. The predicted octanol–water partition coefficient (Wildman–Crippen LogP) is 8.09. The number of hydrogen-bond donors (Lipinski definition) is 0. The van der Waals surface area contributed by atoms with Crippen LogP contribution in [0.4, 0.5) is 13.2 Å². The lowest BCUT2D eigenvalue weighted by molar-refractivity contribution is 0.115. The highest BCUT2D eigenvalue weighted by molar-refractivity contribution is 5.85. The molecule has 0 amide bonds. The number of halogens is 3. The van der Waals surface area contributed by atoms with E-state index in [1.165, 1.54) is 31.4 Å². The van der Waals surface area contributed by atoms with Crippen molar-refractivity contribution >= 4 is 10.8 Å². The summed E-state index contributed by atoms with van der Waals surface area (Å²) >= 11 is 0. The highest BCUT2D eigenvalue weighted by atomic mass is 19.1. The van der Waals surface area contributed by atoms with Gasteiger partial charge in [-0.25, -0.2) is 13.2 Å². The molecule has 3 heteroatoms. The average Bonchev–Trinajstić information content (AvgIpc) is 2.71. The molecule has 2 aliphatic carbocycles. The van der Waals surface area contributed by atoms with Crippen molar-refractivity contribution in [3.05, 3.63) is 59.4 Å². The molecule has 4 atom stereocenters. The van der Waals surface area contributed by atoms with Crippen molar-refractivity contribution in [2.75, 3.05) is 0 Å². The van der Waals surface area contributed by atoms with Gasteiger partial charge in [0.05, 0.1) is 5.39 Å². The first-order valence-electron chi connectivity index (χ1n) is 11.2. The molecule has 0 nitrogen and oxygen atoms in total. The van der Waals surface area contributed by atoms with Gasteiger partial charge in [0, 0.05) is 5.56 Å². The average molecular weight is 401 g/mol. The van der Waals surface area contributed by atoms with Crippen molar-refractivity contribution in [2.24, 2.45) is 17.8 Å². The number of benzene rings is 2. The molecule has 2 aliphatic rings. The lowest BCUT2D eigenvalue weighted by atomic mass is 9.63. The monoisotopic (exact) mass is 400 g/mol. The summed E-state index contributed by atoms with van der Waals surface area (Å²) in [5, 5.41) is 0.264. The highest BCUT2D eigenvalue weighted by Crippen LogP contribution is 2.49. The zero-order valence-electron chi connectivity index (χ0n) is 17.3. The van der Waals surface area contributed by atoms with Crippen LogP contribution < -0.4 is 0 Å². The summed E-state index contributed by atoms with van der Waals surface area (Å²) in [6.07, 6.45) is 10.6. The van der Waals surface area contributed by atoms with Gasteiger partial charge in [-0.1, -0.05) is 31.9 Å². The smallest absolute Gasteiger partial charge is 0.140 e. The van der Waals surface area contributed by atoms with Gasteiger partial charge in [-0.15, -0.1) is 6.58 Å². The quantitative estimate of drug-likeness (QED) is 0.445. The molecular weight excluding hydrogens is 369 g/mol. The first-order chi connectivity index (χ1) is 14.0. The lowest BCUT2D eigenvalue weighted by Gasteiger charge is -2.42. The maximum atomic E-state index is 15.4. The molecule has 0 N–H and O–H groups in total. The Kier molecular flexibility index (Phi) is 6.03. The number of fused-ring (bicyclic) bond motifs is 2. The summed E-state index contributed by atoms with van der Waals surface area (Å²) in [4.78, 5) is 0. The molecule has 0 aromatic heterocycles. The second-order valence-corrected chi connectivity index (χ2v) is 9.21. The Bertz CT molecular complexity index is 901. The normalized spacial score (nSPS) is 27.0. The van der Waals surface area contributed by atoms with Crippen LogP contribution in [-0.2, 0) is 6.42 Å².